The largest absolute Gasteiger partial charge is 0.375 e. The standard InChI is InChI=1S/C31H31ClFN7O4/c1-17-6-4-8-23(36-31(43)29-18(2)40(39-38-29)26-9-5-7-22(32)28(26)33)25-14-19(12-13-34-25)21-11-10-20(35-27(41)16-44-3)15-24(21)37-30(17)42/h5,7,9-15,17,23H,4,6,8,16H2,1-3H3,(H,35,41)(H,36,43)(H,37,42)/t17-,23-/m0/s1. The van der Waals surface area contributed by atoms with E-state index in [1.54, 1.807) is 43.5 Å². The number of hydrogen-bond donors (Lipinski definition) is 3. The first-order chi connectivity index (χ1) is 21.2. The molecule has 0 radical (unpaired) electrons. The first-order valence-corrected chi connectivity index (χ1v) is 14.4. The summed E-state index contributed by atoms with van der Waals surface area (Å²) >= 11 is 5.94. The highest BCUT2D eigenvalue weighted by molar-refractivity contribution is 6.30. The van der Waals surface area contributed by atoms with Crippen LogP contribution in [0, 0.1) is 18.7 Å². The number of halogens is 2. The number of benzene rings is 2. The predicted molar refractivity (Wildman–Crippen MR) is 163 cm³/mol. The molecule has 44 heavy (non-hydrogen) atoms. The molecule has 5 rings (SSSR count). The molecule has 0 saturated carbocycles. The topological polar surface area (TPSA) is 140 Å². The molecule has 3 heterocycles. The monoisotopic (exact) mass is 619 g/mol. The lowest BCUT2D eigenvalue weighted by molar-refractivity contribution is -0.120. The fourth-order valence-electron chi connectivity index (χ4n) is 5.07. The van der Waals surface area contributed by atoms with Gasteiger partial charge in [0, 0.05) is 30.5 Å². The number of carbonyl (C=O) groups excluding carboxylic acids is 3. The number of pyridine rings is 1. The Balaban J connectivity index is 1.47. The van der Waals surface area contributed by atoms with Crippen LogP contribution < -0.4 is 16.0 Å². The molecule has 3 N–H and O–H groups in total. The van der Waals surface area contributed by atoms with Crippen LogP contribution in [0.2, 0.25) is 5.02 Å². The third-order valence-corrected chi connectivity index (χ3v) is 7.73. The van der Waals surface area contributed by atoms with Crippen LogP contribution in [0.4, 0.5) is 15.8 Å². The summed E-state index contributed by atoms with van der Waals surface area (Å²) in [5.74, 6) is -1.98. The second-order valence-electron chi connectivity index (χ2n) is 10.6. The molecule has 2 aromatic heterocycles. The normalized spacial score (nSPS) is 16.6. The third kappa shape index (κ3) is 6.61. The Hall–Kier alpha value is -4.68. The number of rotatable bonds is 6. The number of fused-ring (bicyclic) bond motifs is 4. The number of methoxy groups -OCH3 is 1. The summed E-state index contributed by atoms with van der Waals surface area (Å²) in [6, 6.07) is 12.9. The summed E-state index contributed by atoms with van der Waals surface area (Å²) in [4.78, 5) is 43.3. The zero-order chi connectivity index (χ0) is 31.4. The zero-order valence-electron chi connectivity index (χ0n) is 24.4. The van der Waals surface area contributed by atoms with E-state index in [4.69, 9.17) is 16.3 Å². The lowest BCUT2D eigenvalue weighted by Crippen LogP contribution is -2.30. The highest BCUT2D eigenvalue weighted by Gasteiger charge is 2.25. The highest BCUT2D eigenvalue weighted by Crippen LogP contribution is 2.34. The quantitative estimate of drug-likeness (QED) is 0.268. The fraction of sp³-hybridized carbons (Fsp3) is 0.290. The van der Waals surface area contributed by atoms with Gasteiger partial charge in [-0.1, -0.05) is 42.3 Å². The summed E-state index contributed by atoms with van der Waals surface area (Å²) in [6.07, 6.45) is 3.32. The SMILES string of the molecule is COCC(=O)Nc1ccc2c(c1)NC(=O)[C@@H](C)CCC[C@H](NC(=O)c1nnn(-c3cccc(Cl)c3F)c1C)c1cc-2ccn1. The molecule has 1 aliphatic heterocycles. The van der Waals surface area contributed by atoms with Gasteiger partial charge < -0.3 is 20.7 Å². The molecule has 0 saturated heterocycles. The van der Waals surface area contributed by atoms with Gasteiger partial charge in [0.25, 0.3) is 5.91 Å². The minimum atomic E-state index is -0.669. The first-order valence-electron chi connectivity index (χ1n) is 14.0. The molecule has 0 spiro atoms. The second kappa shape index (κ2) is 13.3. The van der Waals surface area contributed by atoms with Crippen molar-refractivity contribution in [1.29, 1.82) is 0 Å². The van der Waals surface area contributed by atoms with Gasteiger partial charge in [0.05, 0.1) is 28.1 Å². The van der Waals surface area contributed by atoms with Crippen molar-refractivity contribution < 1.29 is 23.5 Å². The zero-order valence-corrected chi connectivity index (χ0v) is 25.1. The molecule has 4 aromatic rings. The highest BCUT2D eigenvalue weighted by atomic mass is 35.5. The van der Waals surface area contributed by atoms with E-state index in [9.17, 15) is 18.8 Å². The lowest BCUT2D eigenvalue weighted by Gasteiger charge is -2.22. The molecule has 228 valence electrons. The molecular formula is C31H31ClFN7O4. The number of carbonyl (C=O) groups is 3. The Labute approximate surface area is 258 Å². The van der Waals surface area contributed by atoms with Gasteiger partial charge in [-0.3, -0.25) is 19.4 Å². The minimum Gasteiger partial charge on any atom is -0.375 e. The number of nitrogens with zero attached hydrogens (tertiary/aromatic N) is 4. The van der Waals surface area contributed by atoms with E-state index in [0.29, 0.717) is 47.6 Å². The molecular weight excluding hydrogens is 589 g/mol. The molecule has 0 fully saturated rings. The van der Waals surface area contributed by atoms with Crippen LogP contribution in [-0.4, -0.2) is 51.4 Å². The summed E-state index contributed by atoms with van der Waals surface area (Å²) in [6.45, 7) is 3.36. The van der Waals surface area contributed by atoms with Gasteiger partial charge >= 0.3 is 0 Å². The molecule has 11 nitrogen and oxygen atoms in total. The van der Waals surface area contributed by atoms with Gasteiger partial charge in [0.1, 0.15) is 12.3 Å². The molecule has 1 aliphatic rings. The molecule has 2 bridgehead atoms. The van der Waals surface area contributed by atoms with Crippen molar-refractivity contribution in [2.45, 2.75) is 39.2 Å². The van der Waals surface area contributed by atoms with Crippen molar-refractivity contribution >= 4 is 40.7 Å². The molecule has 2 atom stereocenters. The fourth-order valence-corrected chi connectivity index (χ4v) is 5.24. The number of aromatic nitrogens is 4. The van der Waals surface area contributed by atoms with Crippen molar-refractivity contribution in [2.24, 2.45) is 5.92 Å². The van der Waals surface area contributed by atoms with Crippen LogP contribution >= 0.6 is 11.6 Å². The van der Waals surface area contributed by atoms with Crippen molar-refractivity contribution in [2.75, 3.05) is 24.4 Å². The van der Waals surface area contributed by atoms with Crippen LogP contribution in [-0.2, 0) is 14.3 Å². The van der Waals surface area contributed by atoms with Gasteiger partial charge in [-0.2, -0.15) is 0 Å². The van der Waals surface area contributed by atoms with Crippen LogP contribution in [0.15, 0.2) is 54.7 Å². The van der Waals surface area contributed by atoms with Crippen molar-refractivity contribution in [1.82, 2.24) is 25.3 Å². The molecule has 2 aromatic carbocycles. The second-order valence-corrected chi connectivity index (χ2v) is 11.0. The van der Waals surface area contributed by atoms with Gasteiger partial charge in [-0.25, -0.2) is 9.07 Å². The van der Waals surface area contributed by atoms with Crippen LogP contribution in [0.1, 0.15) is 54.1 Å². The maximum atomic E-state index is 14.7. The summed E-state index contributed by atoms with van der Waals surface area (Å²) in [7, 11) is 1.43. The van der Waals surface area contributed by atoms with Crippen LogP contribution in [0.5, 0.6) is 0 Å². The third-order valence-electron chi connectivity index (χ3n) is 7.44. The Morgan fingerprint density at radius 1 is 1.18 bits per heavy atom. The molecule has 3 amide bonds. The van der Waals surface area contributed by atoms with Crippen LogP contribution in [0.3, 0.4) is 0 Å². The number of nitrogens with one attached hydrogen (secondary N) is 3. The number of anilines is 2. The number of hydrogen-bond acceptors (Lipinski definition) is 7. The Morgan fingerprint density at radius 2 is 2.00 bits per heavy atom. The van der Waals surface area contributed by atoms with Gasteiger partial charge in [-0.15, -0.1) is 5.10 Å². The maximum absolute atomic E-state index is 14.7. The van der Waals surface area contributed by atoms with E-state index >= 15 is 0 Å². The Morgan fingerprint density at radius 3 is 2.80 bits per heavy atom. The van der Waals surface area contributed by atoms with E-state index in [1.165, 1.54) is 23.9 Å². The van der Waals surface area contributed by atoms with Crippen LogP contribution in [0.25, 0.3) is 16.8 Å². The number of amides is 3. The summed E-state index contributed by atoms with van der Waals surface area (Å²) in [5, 5.41) is 16.8. The van der Waals surface area contributed by atoms with E-state index in [1.807, 2.05) is 13.0 Å². The van der Waals surface area contributed by atoms with E-state index in [-0.39, 0.29) is 40.7 Å². The van der Waals surface area contributed by atoms with Gasteiger partial charge in [-0.05, 0) is 61.7 Å². The van der Waals surface area contributed by atoms with Crippen molar-refractivity contribution in [3.63, 3.8) is 0 Å². The summed E-state index contributed by atoms with van der Waals surface area (Å²) < 4.78 is 20.8. The average Bonchev–Trinajstić information content (AvgIpc) is 3.38. The predicted octanol–water partition coefficient (Wildman–Crippen LogP) is 5.24. The van der Waals surface area contributed by atoms with Crippen molar-refractivity contribution in [3.05, 3.63) is 82.6 Å². The van der Waals surface area contributed by atoms with E-state index in [2.05, 4.69) is 31.2 Å². The molecule has 13 heteroatoms. The number of ether oxygens (including phenoxy) is 1. The Bertz CT molecular complexity index is 1730. The van der Waals surface area contributed by atoms with Gasteiger partial charge in [0.2, 0.25) is 11.8 Å². The maximum Gasteiger partial charge on any atom is 0.274 e. The smallest absolute Gasteiger partial charge is 0.274 e. The summed E-state index contributed by atoms with van der Waals surface area (Å²) in [5.41, 5.74) is 3.57. The first kappa shape index (κ1) is 30.8. The van der Waals surface area contributed by atoms with E-state index in [0.717, 1.165) is 5.56 Å². The average molecular weight is 620 g/mol. The lowest BCUT2D eigenvalue weighted by atomic mass is 9.95. The minimum absolute atomic E-state index is 0.0350. The molecule has 0 unspecified atom stereocenters. The van der Waals surface area contributed by atoms with Crippen molar-refractivity contribution in [3.8, 4) is 16.8 Å². The van der Waals surface area contributed by atoms with Gasteiger partial charge in [0.15, 0.2) is 11.5 Å². The molecule has 0 aliphatic carbocycles. The Kier molecular flexibility index (Phi) is 9.31. The van der Waals surface area contributed by atoms with E-state index < -0.39 is 17.8 Å².